The highest BCUT2D eigenvalue weighted by atomic mass is 16.5. The molecule has 1 aromatic heterocycles. The summed E-state index contributed by atoms with van der Waals surface area (Å²) in [4.78, 5) is 8.57. The summed E-state index contributed by atoms with van der Waals surface area (Å²) in [6.07, 6.45) is 2.68. The molecule has 0 aliphatic heterocycles. The smallest absolute Gasteiger partial charge is 0.191 e. The van der Waals surface area contributed by atoms with Gasteiger partial charge in [0, 0.05) is 38.4 Å². The van der Waals surface area contributed by atoms with E-state index in [0.29, 0.717) is 12.5 Å². The largest absolute Gasteiger partial charge is 0.493 e. The maximum Gasteiger partial charge on any atom is 0.191 e. The van der Waals surface area contributed by atoms with Crippen LogP contribution in [0.3, 0.4) is 0 Å². The summed E-state index contributed by atoms with van der Waals surface area (Å²) in [6.45, 7) is 6.53. The van der Waals surface area contributed by atoms with Gasteiger partial charge in [-0.15, -0.1) is 0 Å². The molecule has 0 radical (unpaired) electrons. The van der Waals surface area contributed by atoms with Gasteiger partial charge in [-0.05, 0) is 35.7 Å². The van der Waals surface area contributed by atoms with Crippen molar-refractivity contribution in [3.63, 3.8) is 0 Å². The van der Waals surface area contributed by atoms with Crippen molar-refractivity contribution < 1.29 is 4.74 Å². The number of nitrogens with one attached hydrogen (secondary N) is 2. The normalized spacial score (nSPS) is 11.4. The lowest BCUT2D eigenvalue weighted by atomic mass is 10.2. The summed E-state index contributed by atoms with van der Waals surface area (Å²) in [5.74, 6) is 2.23. The molecular formula is C20H28N4O. The third-order valence-corrected chi connectivity index (χ3v) is 3.59. The minimum absolute atomic E-state index is 0.529. The van der Waals surface area contributed by atoms with E-state index in [2.05, 4.69) is 46.6 Å². The van der Waals surface area contributed by atoms with Crippen LogP contribution in [0, 0.1) is 5.92 Å². The fourth-order valence-corrected chi connectivity index (χ4v) is 2.23. The molecule has 2 rings (SSSR count). The highest BCUT2D eigenvalue weighted by Crippen LogP contribution is 2.13. The summed E-state index contributed by atoms with van der Waals surface area (Å²) >= 11 is 0. The number of rotatable bonds is 8. The number of ether oxygens (including phenoxy) is 1. The second-order valence-corrected chi connectivity index (χ2v) is 6.27. The van der Waals surface area contributed by atoms with Crippen LogP contribution in [0.15, 0.2) is 53.7 Å². The molecule has 5 nitrogen and oxygen atoms in total. The van der Waals surface area contributed by atoms with Crippen LogP contribution in [0.1, 0.15) is 25.1 Å². The van der Waals surface area contributed by atoms with Crippen molar-refractivity contribution in [3.05, 3.63) is 59.9 Å². The van der Waals surface area contributed by atoms with Crippen molar-refractivity contribution in [2.75, 3.05) is 20.2 Å². The molecule has 0 saturated carbocycles. The van der Waals surface area contributed by atoms with Gasteiger partial charge >= 0.3 is 0 Å². The zero-order chi connectivity index (χ0) is 17.9. The lowest BCUT2D eigenvalue weighted by Crippen LogP contribution is -2.37. The second-order valence-electron chi connectivity index (χ2n) is 6.27. The van der Waals surface area contributed by atoms with Gasteiger partial charge in [0.1, 0.15) is 5.75 Å². The maximum absolute atomic E-state index is 5.70. The zero-order valence-corrected chi connectivity index (χ0v) is 15.3. The van der Waals surface area contributed by atoms with Gasteiger partial charge in [0.2, 0.25) is 0 Å². The SMILES string of the molecule is CN=C(NCCc1ccccn1)NCc1ccc(OCC(C)C)cc1. The minimum atomic E-state index is 0.529. The Morgan fingerprint density at radius 2 is 1.92 bits per heavy atom. The molecule has 1 heterocycles. The summed E-state index contributed by atoms with van der Waals surface area (Å²) < 4.78 is 5.70. The van der Waals surface area contributed by atoms with Crippen LogP contribution in [-0.2, 0) is 13.0 Å². The Morgan fingerprint density at radius 1 is 1.12 bits per heavy atom. The van der Waals surface area contributed by atoms with Crippen LogP contribution in [-0.4, -0.2) is 31.1 Å². The van der Waals surface area contributed by atoms with Gasteiger partial charge in [-0.2, -0.15) is 0 Å². The zero-order valence-electron chi connectivity index (χ0n) is 15.3. The summed E-state index contributed by atoms with van der Waals surface area (Å²) in [5.41, 5.74) is 2.26. The molecule has 0 aliphatic rings. The topological polar surface area (TPSA) is 58.5 Å². The molecule has 0 fully saturated rings. The van der Waals surface area contributed by atoms with Crippen molar-refractivity contribution in [2.24, 2.45) is 10.9 Å². The number of benzene rings is 1. The summed E-state index contributed by atoms with van der Waals surface area (Å²) in [7, 11) is 1.78. The molecule has 0 aliphatic carbocycles. The molecule has 0 bridgehead atoms. The van der Waals surface area contributed by atoms with Crippen molar-refractivity contribution >= 4 is 5.96 Å². The van der Waals surface area contributed by atoms with Gasteiger partial charge in [-0.25, -0.2) is 0 Å². The molecule has 2 aromatic rings. The van der Waals surface area contributed by atoms with E-state index < -0.39 is 0 Å². The number of pyridine rings is 1. The highest BCUT2D eigenvalue weighted by molar-refractivity contribution is 5.79. The van der Waals surface area contributed by atoms with Crippen LogP contribution in [0.4, 0.5) is 0 Å². The number of aromatic nitrogens is 1. The Morgan fingerprint density at radius 3 is 2.56 bits per heavy atom. The molecule has 0 spiro atoms. The number of nitrogens with zero attached hydrogens (tertiary/aromatic N) is 2. The fraction of sp³-hybridized carbons (Fsp3) is 0.400. The molecule has 1 aromatic carbocycles. The quantitative estimate of drug-likeness (QED) is 0.573. The third kappa shape index (κ3) is 7.25. The molecule has 5 heteroatoms. The minimum Gasteiger partial charge on any atom is -0.493 e. The average Bonchev–Trinajstić information content (AvgIpc) is 2.64. The van der Waals surface area contributed by atoms with E-state index in [0.717, 1.165) is 37.0 Å². The van der Waals surface area contributed by atoms with Crippen LogP contribution >= 0.6 is 0 Å². The lowest BCUT2D eigenvalue weighted by molar-refractivity contribution is 0.271. The fourth-order valence-electron chi connectivity index (χ4n) is 2.23. The van der Waals surface area contributed by atoms with Gasteiger partial charge in [0.25, 0.3) is 0 Å². The second kappa shape index (κ2) is 10.3. The Bertz CT molecular complexity index is 639. The Labute approximate surface area is 150 Å². The maximum atomic E-state index is 5.70. The molecule has 0 amide bonds. The van der Waals surface area contributed by atoms with Crippen LogP contribution < -0.4 is 15.4 Å². The molecule has 0 atom stereocenters. The van der Waals surface area contributed by atoms with Crippen LogP contribution in [0.2, 0.25) is 0 Å². The first kappa shape index (κ1) is 18.8. The van der Waals surface area contributed by atoms with E-state index in [9.17, 15) is 0 Å². The van der Waals surface area contributed by atoms with E-state index in [1.54, 1.807) is 7.05 Å². The number of hydrogen-bond acceptors (Lipinski definition) is 3. The average molecular weight is 340 g/mol. The van der Waals surface area contributed by atoms with Gasteiger partial charge in [0.15, 0.2) is 5.96 Å². The standard InChI is InChI=1S/C20H28N4O/c1-16(2)15-25-19-9-7-17(8-10-19)14-24-20(21-3)23-13-11-18-6-4-5-12-22-18/h4-10,12,16H,11,13-15H2,1-3H3,(H2,21,23,24). The third-order valence-electron chi connectivity index (χ3n) is 3.59. The highest BCUT2D eigenvalue weighted by Gasteiger charge is 2.01. The first-order valence-corrected chi connectivity index (χ1v) is 8.73. The molecule has 0 unspecified atom stereocenters. The lowest BCUT2D eigenvalue weighted by Gasteiger charge is -2.12. The molecular weight excluding hydrogens is 312 g/mol. The van der Waals surface area contributed by atoms with E-state index in [1.807, 2.05) is 36.5 Å². The molecule has 2 N–H and O–H groups in total. The van der Waals surface area contributed by atoms with Crippen molar-refractivity contribution in [3.8, 4) is 5.75 Å². The van der Waals surface area contributed by atoms with Gasteiger partial charge in [0.05, 0.1) is 6.61 Å². The Hall–Kier alpha value is -2.56. The van der Waals surface area contributed by atoms with E-state index in [-0.39, 0.29) is 0 Å². The Kier molecular flexibility index (Phi) is 7.76. The van der Waals surface area contributed by atoms with Gasteiger partial charge in [-0.3, -0.25) is 9.98 Å². The predicted molar refractivity (Wildman–Crippen MR) is 103 cm³/mol. The first-order valence-electron chi connectivity index (χ1n) is 8.73. The molecule has 0 saturated heterocycles. The van der Waals surface area contributed by atoms with Crippen LogP contribution in [0.5, 0.6) is 5.75 Å². The molecule has 25 heavy (non-hydrogen) atoms. The van der Waals surface area contributed by atoms with E-state index in [4.69, 9.17) is 4.74 Å². The van der Waals surface area contributed by atoms with E-state index in [1.165, 1.54) is 5.56 Å². The van der Waals surface area contributed by atoms with E-state index >= 15 is 0 Å². The van der Waals surface area contributed by atoms with Crippen molar-refractivity contribution in [2.45, 2.75) is 26.8 Å². The number of guanidine groups is 1. The summed E-state index contributed by atoms with van der Waals surface area (Å²) in [6, 6.07) is 14.1. The first-order chi connectivity index (χ1) is 12.2. The number of hydrogen-bond donors (Lipinski definition) is 2. The Balaban J connectivity index is 1.72. The molecule has 134 valence electrons. The monoisotopic (exact) mass is 340 g/mol. The predicted octanol–water partition coefficient (Wildman–Crippen LogP) is 3.02. The van der Waals surface area contributed by atoms with Crippen molar-refractivity contribution in [1.29, 1.82) is 0 Å². The van der Waals surface area contributed by atoms with Crippen LogP contribution in [0.25, 0.3) is 0 Å². The van der Waals surface area contributed by atoms with Gasteiger partial charge < -0.3 is 15.4 Å². The van der Waals surface area contributed by atoms with Gasteiger partial charge in [-0.1, -0.05) is 32.0 Å². The van der Waals surface area contributed by atoms with Crippen molar-refractivity contribution in [1.82, 2.24) is 15.6 Å². The number of aliphatic imine (C=N–C) groups is 1. The summed E-state index contributed by atoms with van der Waals surface area (Å²) in [5, 5.41) is 6.63.